The second-order valence-electron chi connectivity index (χ2n) is 8.05. The van der Waals surface area contributed by atoms with Gasteiger partial charge in [0.15, 0.2) is 41.3 Å². The molecule has 0 N–H and O–H groups in total. The van der Waals surface area contributed by atoms with Crippen molar-refractivity contribution in [3.8, 4) is 23.0 Å². The van der Waals surface area contributed by atoms with E-state index in [9.17, 15) is 14.4 Å². The summed E-state index contributed by atoms with van der Waals surface area (Å²) in [5, 5.41) is 3.33. The predicted octanol–water partition coefficient (Wildman–Crippen LogP) is 4.32. The normalized spacial score (nSPS) is 11.5. The van der Waals surface area contributed by atoms with E-state index in [1.807, 2.05) is 0 Å². The summed E-state index contributed by atoms with van der Waals surface area (Å²) in [5.41, 5.74) is 9.67. The second-order valence-corrected chi connectivity index (χ2v) is 8.05. The maximum absolute atomic E-state index is 13.1. The molecule has 11 heteroatoms. The number of benzene rings is 2. The summed E-state index contributed by atoms with van der Waals surface area (Å²) in [6, 6.07) is 10.0. The number of hydrogen-bond donors (Lipinski definition) is 0. The maximum Gasteiger partial charge on any atom is 0.223 e. The summed E-state index contributed by atoms with van der Waals surface area (Å²) < 4.78 is 21.1. The predicted molar refractivity (Wildman–Crippen MR) is 142 cm³/mol. The number of carbonyl (C=O) groups is 3. The molecule has 0 spiro atoms. The van der Waals surface area contributed by atoms with Gasteiger partial charge < -0.3 is 23.8 Å². The van der Waals surface area contributed by atoms with Gasteiger partial charge in [-0.3, -0.25) is 14.4 Å². The minimum atomic E-state index is -1.21. The van der Waals surface area contributed by atoms with Gasteiger partial charge in [0.1, 0.15) is 0 Å². The van der Waals surface area contributed by atoms with Crippen LogP contribution in [0.2, 0.25) is 0 Å². The summed E-state index contributed by atoms with van der Waals surface area (Å²) in [6.45, 7) is -0.241. The Morgan fingerprint density at radius 2 is 1.37 bits per heavy atom. The van der Waals surface area contributed by atoms with Crippen molar-refractivity contribution in [1.29, 1.82) is 0 Å². The topological polar surface area (TPSA) is 140 Å². The van der Waals surface area contributed by atoms with E-state index in [1.54, 1.807) is 56.6 Å². The summed E-state index contributed by atoms with van der Waals surface area (Å²) in [7, 11) is 7.59. The first-order valence-corrected chi connectivity index (χ1v) is 11.4. The van der Waals surface area contributed by atoms with Crippen molar-refractivity contribution in [3.63, 3.8) is 0 Å². The van der Waals surface area contributed by atoms with Crippen LogP contribution < -0.4 is 18.9 Å². The van der Waals surface area contributed by atoms with Crippen LogP contribution >= 0.6 is 0 Å². The highest BCUT2D eigenvalue weighted by atomic mass is 16.5. The summed E-state index contributed by atoms with van der Waals surface area (Å²) in [4.78, 5) is 42.5. The number of carbonyl (C=O) groups excluding carboxylic acids is 3. The Kier molecular flexibility index (Phi) is 11.4. The van der Waals surface area contributed by atoms with Crippen LogP contribution in [0.1, 0.15) is 17.5 Å². The molecule has 0 aliphatic heterocycles. The SMILES string of the molecule is COc1ccc(/C=C/C(=O)C(CC(=O)N(C)C)C(=O)/C=C/c2ccc(OC)c(OCN=[N+]=[N-])c2)cc1OC. The molecule has 0 fully saturated rings. The number of ether oxygens (including phenoxy) is 4. The van der Waals surface area contributed by atoms with Crippen molar-refractivity contribution in [2.75, 3.05) is 42.2 Å². The van der Waals surface area contributed by atoms with Crippen molar-refractivity contribution in [3.05, 3.63) is 70.1 Å². The fourth-order valence-corrected chi connectivity index (χ4v) is 3.28. The standard InChI is InChI=1S/C27H30N4O7/c1-31(2)27(34)16-20(21(32)10-6-18-8-12-23(35-3)25(14-18)37-5)22(33)11-7-19-9-13-24(36-4)26(15-19)38-17-29-30-28/h6-15,20H,16-17H2,1-5H3/b10-6+,11-7+. The van der Waals surface area contributed by atoms with Crippen molar-refractivity contribution < 1.29 is 33.3 Å². The Balaban J connectivity index is 2.28. The van der Waals surface area contributed by atoms with Crippen molar-refractivity contribution >= 4 is 29.6 Å². The van der Waals surface area contributed by atoms with Crippen LogP contribution in [0.15, 0.2) is 53.7 Å². The Morgan fingerprint density at radius 1 is 0.868 bits per heavy atom. The minimum Gasteiger partial charge on any atom is -0.493 e. The summed E-state index contributed by atoms with van der Waals surface area (Å²) in [5.74, 6) is -0.876. The van der Waals surface area contributed by atoms with Crippen molar-refractivity contribution in [1.82, 2.24) is 4.90 Å². The third-order valence-electron chi connectivity index (χ3n) is 5.38. The second kappa shape index (κ2) is 14.7. The van der Waals surface area contributed by atoms with Gasteiger partial charge in [0.25, 0.3) is 0 Å². The van der Waals surface area contributed by atoms with Gasteiger partial charge in [-0.05, 0) is 53.1 Å². The zero-order valence-corrected chi connectivity index (χ0v) is 21.9. The lowest BCUT2D eigenvalue weighted by molar-refractivity contribution is -0.136. The lowest BCUT2D eigenvalue weighted by atomic mass is 9.93. The number of amides is 1. The molecule has 1 unspecified atom stereocenters. The number of azide groups is 1. The van der Waals surface area contributed by atoms with Gasteiger partial charge in [-0.1, -0.05) is 29.4 Å². The molecule has 11 nitrogen and oxygen atoms in total. The molecule has 1 amide bonds. The molecule has 0 saturated carbocycles. The van der Waals surface area contributed by atoms with Crippen LogP contribution in [0, 0.1) is 5.92 Å². The van der Waals surface area contributed by atoms with E-state index in [-0.39, 0.29) is 19.1 Å². The van der Waals surface area contributed by atoms with Crippen LogP contribution in [-0.4, -0.2) is 64.5 Å². The molecule has 0 aliphatic rings. The zero-order valence-electron chi connectivity index (χ0n) is 21.9. The third kappa shape index (κ3) is 8.42. The monoisotopic (exact) mass is 522 g/mol. The first-order valence-electron chi connectivity index (χ1n) is 11.4. The van der Waals surface area contributed by atoms with Crippen molar-refractivity contribution in [2.24, 2.45) is 11.0 Å². The van der Waals surface area contributed by atoms with Crippen LogP contribution in [0.3, 0.4) is 0 Å². The molecule has 0 aromatic heterocycles. The Labute approximate surface area is 220 Å². The molecule has 0 aliphatic carbocycles. The molecule has 200 valence electrons. The average molecular weight is 523 g/mol. The molecule has 38 heavy (non-hydrogen) atoms. The van der Waals surface area contributed by atoms with Crippen LogP contribution in [0.25, 0.3) is 22.6 Å². The number of hydrogen-bond acceptors (Lipinski definition) is 8. The summed E-state index contributed by atoms with van der Waals surface area (Å²) in [6.07, 6.45) is 5.28. The molecule has 0 radical (unpaired) electrons. The van der Waals surface area contributed by atoms with Gasteiger partial charge in [-0.15, -0.1) is 0 Å². The van der Waals surface area contributed by atoms with E-state index in [0.29, 0.717) is 34.1 Å². The van der Waals surface area contributed by atoms with E-state index in [0.717, 1.165) is 0 Å². The smallest absolute Gasteiger partial charge is 0.223 e. The van der Waals surface area contributed by atoms with Gasteiger partial charge in [-0.25, -0.2) is 0 Å². The van der Waals surface area contributed by atoms with Crippen LogP contribution in [0.5, 0.6) is 23.0 Å². The number of rotatable bonds is 14. The van der Waals surface area contributed by atoms with Gasteiger partial charge in [0.2, 0.25) is 5.91 Å². The zero-order chi connectivity index (χ0) is 28.1. The molecule has 2 aromatic rings. The molecular weight excluding hydrogens is 492 g/mol. The fourth-order valence-electron chi connectivity index (χ4n) is 3.28. The number of methoxy groups -OCH3 is 3. The van der Waals surface area contributed by atoms with E-state index in [1.165, 1.54) is 44.5 Å². The Hall–Kier alpha value is -4.76. The highest BCUT2D eigenvalue weighted by molar-refractivity contribution is 6.15. The fraction of sp³-hybridized carbons (Fsp3) is 0.296. The third-order valence-corrected chi connectivity index (χ3v) is 5.38. The average Bonchev–Trinajstić information content (AvgIpc) is 2.93. The van der Waals surface area contributed by atoms with Gasteiger partial charge in [0.05, 0.1) is 27.2 Å². The minimum absolute atomic E-state index is 0.241. The van der Waals surface area contributed by atoms with E-state index < -0.39 is 17.5 Å². The molecule has 2 aromatic carbocycles. The van der Waals surface area contributed by atoms with E-state index in [2.05, 4.69) is 10.0 Å². The highest BCUT2D eigenvalue weighted by Crippen LogP contribution is 2.29. The molecule has 0 bridgehead atoms. The molecule has 0 heterocycles. The maximum atomic E-state index is 13.1. The molecule has 0 saturated heterocycles. The van der Waals surface area contributed by atoms with E-state index >= 15 is 0 Å². The van der Waals surface area contributed by atoms with Crippen LogP contribution in [0.4, 0.5) is 0 Å². The number of ketones is 2. The lowest BCUT2D eigenvalue weighted by Crippen LogP contribution is -2.30. The number of nitrogens with zero attached hydrogens (tertiary/aromatic N) is 4. The van der Waals surface area contributed by atoms with Gasteiger partial charge >= 0.3 is 0 Å². The van der Waals surface area contributed by atoms with Gasteiger partial charge in [-0.2, -0.15) is 0 Å². The largest absolute Gasteiger partial charge is 0.493 e. The Morgan fingerprint density at radius 3 is 1.84 bits per heavy atom. The lowest BCUT2D eigenvalue weighted by Gasteiger charge is -2.15. The Bertz CT molecular complexity index is 1260. The first-order chi connectivity index (χ1) is 18.2. The highest BCUT2D eigenvalue weighted by Gasteiger charge is 2.26. The van der Waals surface area contributed by atoms with Crippen molar-refractivity contribution in [2.45, 2.75) is 6.42 Å². The van der Waals surface area contributed by atoms with Crippen LogP contribution in [-0.2, 0) is 14.4 Å². The first kappa shape index (κ1) is 29.5. The quantitative estimate of drug-likeness (QED) is 0.118. The molecule has 1 atom stereocenters. The van der Waals surface area contributed by atoms with E-state index in [4.69, 9.17) is 24.5 Å². The molecule has 2 rings (SSSR count). The molecular formula is C27H30N4O7. The number of allylic oxidation sites excluding steroid dienone is 2. The summed E-state index contributed by atoms with van der Waals surface area (Å²) >= 11 is 0. The van der Waals surface area contributed by atoms with Gasteiger partial charge in [0, 0.05) is 25.4 Å².